The maximum atomic E-state index is 13.5. The molecule has 0 spiro atoms. The molecule has 8 heteroatoms. The summed E-state index contributed by atoms with van der Waals surface area (Å²) in [6.45, 7) is 6.91. The Kier molecular flexibility index (Phi) is 6.83. The SMILES string of the molecule is COc1cccc(OC[C@@H]2c3ccsc3CCN2C(=O)CN(C(=O)NC(C)(C)C)C2CC2)c1. The number of fused-ring (bicyclic) bond motifs is 1. The molecule has 33 heavy (non-hydrogen) atoms. The number of hydrogen-bond donors (Lipinski definition) is 1. The number of carbonyl (C=O) groups is 2. The zero-order valence-electron chi connectivity index (χ0n) is 19.8. The molecule has 1 N–H and O–H groups in total. The number of nitrogens with one attached hydrogen (secondary N) is 1. The lowest BCUT2D eigenvalue weighted by Gasteiger charge is -2.37. The first-order valence-corrected chi connectivity index (χ1v) is 12.3. The molecule has 2 aliphatic rings. The van der Waals surface area contributed by atoms with E-state index in [1.807, 2.05) is 49.9 Å². The lowest BCUT2D eigenvalue weighted by atomic mass is 10.0. The standard InChI is InChI=1S/C25H33N3O4S/c1-25(2,3)26-24(30)28(17-8-9-17)15-23(29)27-12-10-22-20(11-13-33-22)21(27)16-32-19-7-5-6-18(14-19)31-4/h5-7,11,13-14,17,21H,8-10,12,15-16H2,1-4H3,(H,26,30)/t21-/m1/s1. The van der Waals surface area contributed by atoms with Gasteiger partial charge in [0, 0.05) is 29.1 Å². The number of hydrogen-bond acceptors (Lipinski definition) is 5. The van der Waals surface area contributed by atoms with Gasteiger partial charge in [0.1, 0.15) is 24.7 Å². The van der Waals surface area contributed by atoms with Gasteiger partial charge in [-0.25, -0.2) is 4.79 Å². The molecule has 0 bridgehead atoms. The number of ether oxygens (including phenoxy) is 2. The highest BCUT2D eigenvalue weighted by molar-refractivity contribution is 7.10. The van der Waals surface area contributed by atoms with Crippen LogP contribution in [0.1, 0.15) is 50.1 Å². The molecule has 1 aromatic carbocycles. The van der Waals surface area contributed by atoms with Crippen LogP contribution in [0.25, 0.3) is 0 Å². The number of carbonyl (C=O) groups excluding carboxylic acids is 2. The van der Waals surface area contributed by atoms with Crippen LogP contribution in [0.15, 0.2) is 35.7 Å². The number of methoxy groups -OCH3 is 1. The molecule has 1 aliphatic heterocycles. The molecular weight excluding hydrogens is 438 g/mol. The summed E-state index contributed by atoms with van der Waals surface area (Å²) in [5.74, 6) is 1.39. The van der Waals surface area contributed by atoms with E-state index in [2.05, 4.69) is 16.8 Å². The van der Waals surface area contributed by atoms with Crippen LogP contribution < -0.4 is 14.8 Å². The van der Waals surface area contributed by atoms with Crippen LogP contribution >= 0.6 is 11.3 Å². The van der Waals surface area contributed by atoms with Crippen LogP contribution in [-0.4, -0.2) is 60.1 Å². The Bertz CT molecular complexity index is 996. The van der Waals surface area contributed by atoms with Gasteiger partial charge >= 0.3 is 6.03 Å². The van der Waals surface area contributed by atoms with E-state index < -0.39 is 0 Å². The van der Waals surface area contributed by atoms with Crippen LogP contribution in [-0.2, 0) is 11.2 Å². The summed E-state index contributed by atoms with van der Waals surface area (Å²) < 4.78 is 11.4. The molecule has 1 aromatic heterocycles. The molecule has 1 fully saturated rings. The van der Waals surface area contributed by atoms with Crippen molar-refractivity contribution < 1.29 is 19.1 Å². The highest BCUT2D eigenvalue weighted by Gasteiger charge is 2.38. The molecule has 7 nitrogen and oxygen atoms in total. The maximum absolute atomic E-state index is 13.5. The zero-order valence-corrected chi connectivity index (χ0v) is 20.6. The fraction of sp³-hybridized carbons (Fsp3) is 0.520. The third-order valence-corrected chi connectivity index (χ3v) is 6.90. The normalized spacial score (nSPS) is 17.8. The van der Waals surface area contributed by atoms with Crippen LogP contribution in [0.5, 0.6) is 11.5 Å². The van der Waals surface area contributed by atoms with Crippen molar-refractivity contribution >= 4 is 23.3 Å². The largest absolute Gasteiger partial charge is 0.497 e. The van der Waals surface area contributed by atoms with Crippen LogP contribution in [0, 0.1) is 0 Å². The fourth-order valence-corrected chi connectivity index (χ4v) is 5.05. The lowest BCUT2D eigenvalue weighted by Crippen LogP contribution is -2.53. The van der Waals surface area contributed by atoms with E-state index in [9.17, 15) is 9.59 Å². The van der Waals surface area contributed by atoms with Crippen molar-refractivity contribution in [3.8, 4) is 11.5 Å². The minimum absolute atomic E-state index is 0.0398. The van der Waals surface area contributed by atoms with Gasteiger partial charge in [0.15, 0.2) is 0 Å². The van der Waals surface area contributed by atoms with Gasteiger partial charge in [0.25, 0.3) is 0 Å². The molecule has 178 valence electrons. The number of benzene rings is 1. The highest BCUT2D eigenvalue weighted by Crippen LogP contribution is 2.35. The summed E-state index contributed by atoms with van der Waals surface area (Å²) in [5, 5.41) is 5.08. The van der Waals surface area contributed by atoms with Crippen molar-refractivity contribution in [2.24, 2.45) is 0 Å². The van der Waals surface area contributed by atoms with Gasteiger partial charge in [0.2, 0.25) is 5.91 Å². The quantitative estimate of drug-likeness (QED) is 0.656. The van der Waals surface area contributed by atoms with Gasteiger partial charge in [-0.3, -0.25) is 4.79 Å². The van der Waals surface area contributed by atoms with E-state index in [-0.39, 0.29) is 36.1 Å². The van der Waals surface area contributed by atoms with E-state index in [0.29, 0.717) is 18.9 Å². The van der Waals surface area contributed by atoms with Crippen LogP contribution in [0.2, 0.25) is 0 Å². The topological polar surface area (TPSA) is 71.1 Å². The Labute approximate surface area is 199 Å². The molecule has 1 saturated carbocycles. The first-order valence-electron chi connectivity index (χ1n) is 11.5. The number of nitrogens with zero attached hydrogens (tertiary/aromatic N) is 2. The second-order valence-corrected chi connectivity index (χ2v) is 10.7. The van der Waals surface area contributed by atoms with Crippen molar-refractivity contribution in [2.75, 3.05) is 26.8 Å². The van der Waals surface area contributed by atoms with Crippen molar-refractivity contribution in [3.05, 3.63) is 46.2 Å². The van der Waals surface area contributed by atoms with Gasteiger partial charge in [-0.2, -0.15) is 0 Å². The molecule has 4 rings (SSSR count). The molecule has 1 atom stereocenters. The van der Waals surface area contributed by atoms with E-state index in [1.54, 1.807) is 23.3 Å². The van der Waals surface area contributed by atoms with Crippen LogP contribution in [0.4, 0.5) is 4.79 Å². The first kappa shape index (κ1) is 23.4. The van der Waals surface area contributed by atoms with Crippen molar-refractivity contribution in [1.82, 2.24) is 15.1 Å². The summed E-state index contributed by atoms with van der Waals surface area (Å²) in [5.41, 5.74) is 0.788. The molecule has 2 aromatic rings. The molecule has 0 radical (unpaired) electrons. The third kappa shape index (κ3) is 5.79. The van der Waals surface area contributed by atoms with Gasteiger partial charge in [0.05, 0.1) is 13.2 Å². The minimum atomic E-state index is -0.350. The monoisotopic (exact) mass is 471 g/mol. The van der Waals surface area contributed by atoms with Crippen molar-refractivity contribution in [3.63, 3.8) is 0 Å². The molecular formula is C25H33N3O4S. The Morgan fingerprint density at radius 3 is 2.67 bits per heavy atom. The Hall–Kier alpha value is -2.74. The number of urea groups is 1. The van der Waals surface area contributed by atoms with Gasteiger partial charge < -0.3 is 24.6 Å². The summed E-state index contributed by atoms with van der Waals surface area (Å²) >= 11 is 1.72. The van der Waals surface area contributed by atoms with E-state index >= 15 is 0 Å². The average molecular weight is 472 g/mol. The predicted molar refractivity (Wildman–Crippen MR) is 129 cm³/mol. The molecule has 2 heterocycles. The third-order valence-electron chi connectivity index (χ3n) is 5.90. The first-order chi connectivity index (χ1) is 15.7. The second-order valence-electron chi connectivity index (χ2n) is 9.68. The summed E-state index contributed by atoms with van der Waals surface area (Å²) in [6, 6.07) is 9.35. The predicted octanol–water partition coefficient (Wildman–Crippen LogP) is 4.23. The number of amides is 3. The average Bonchev–Trinajstić information content (AvgIpc) is 3.50. The zero-order chi connectivity index (χ0) is 23.6. The molecule has 0 saturated heterocycles. The smallest absolute Gasteiger partial charge is 0.318 e. The van der Waals surface area contributed by atoms with E-state index in [4.69, 9.17) is 9.47 Å². The number of thiophene rings is 1. The summed E-state index contributed by atoms with van der Waals surface area (Å²) in [7, 11) is 1.62. The molecule has 1 aliphatic carbocycles. The second kappa shape index (κ2) is 9.63. The Morgan fingerprint density at radius 2 is 1.97 bits per heavy atom. The highest BCUT2D eigenvalue weighted by atomic mass is 32.1. The lowest BCUT2D eigenvalue weighted by molar-refractivity contribution is -0.135. The van der Waals surface area contributed by atoms with Crippen molar-refractivity contribution in [2.45, 2.75) is 57.7 Å². The summed E-state index contributed by atoms with van der Waals surface area (Å²) in [4.78, 5) is 31.3. The van der Waals surface area contributed by atoms with Gasteiger partial charge in [-0.15, -0.1) is 11.3 Å². The van der Waals surface area contributed by atoms with E-state index in [1.165, 1.54) is 4.88 Å². The van der Waals surface area contributed by atoms with Gasteiger partial charge in [-0.1, -0.05) is 6.07 Å². The molecule has 0 unspecified atom stereocenters. The summed E-state index contributed by atoms with van der Waals surface area (Å²) in [6.07, 6.45) is 2.72. The fourth-order valence-electron chi connectivity index (χ4n) is 4.12. The van der Waals surface area contributed by atoms with E-state index in [0.717, 1.165) is 30.6 Å². The Balaban J connectivity index is 1.49. The minimum Gasteiger partial charge on any atom is -0.497 e. The van der Waals surface area contributed by atoms with Crippen LogP contribution in [0.3, 0.4) is 0 Å². The Morgan fingerprint density at radius 1 is 1.21 bits per heavy atom. The van der Waals surface area contributed by atoms with Gasteiger partial charge in [-0.05, 0) is 69.2 Å². The molecule has 3 amide bonds. The number of rotatable bonds is 7. The maximum Gasteiger partial charge on any atom is 0.318 e. The van der Waals surface area contributed by atoms with Crippen molar-refractivity contribution in [1.29, 1.82) is 0 Å².